The summed E-state index contributed by atoms with van der Waals surface area (Å²) in [5.74, 6) is -2.75. The van der Waals surface area contributed by atoms with Gasteiger partial charge in [0.15, 0.2) is 0 Å². The fraction of sp³-hybridized carbons (Fsp3) is 0.786. The molecule has 0 heterocycles. The van der Waals surface area contributed by atoms with E-state index in [4.69, 9.17) is 0 Å². The molecule has 0 amide bonds. The Kier molecular flexibility index (Phi) is 56.4. The van der Waals surface area contributed by atoms with Crippen LogP contribution in [0.25, 0.3) is 0 Å². The Labute approximate surface area is 322 Å². The number of hydrogen-bond donors (Lipinski definition) is 0. The Morgan fingerprint density at radius 3 is 0.714 bits per heavy atom. The molecule has 7 heteroatoms. The predicted octanol–water partition coefficient (Wildman–Crippen LogP) is 9.26. The van der Waals surface area contributed by atoms with E-state index in [-0.39, 0.29) is 45.5 Å². The van der Waals surface area contributed by atoms with Gasteiger partial charge in [0.25, 0.3) is 0 Å². The van der Waals surface area contributed by atoms with Crippen LogP contribution in [0.15, 0.2) is 36.5 Å². The van der Waals surface area contributed by atoms with E-state index in [1.165, 1.54) is 116 Å². The van der Waals surface area contributed by atoms with E-state index in [9.17, 15) is 29.7 Å². The molecule has 2 radical (unpaired) electrons. The second kappa shape index (κ2) is 50.9. The molecule has 0 saturated carbocycles. The van der Waals surface area contributed by atoms with Gasteiger partial charge in [0.05, 0.1) is 0 Å². The molecule has 0 aromatic rings. The minimum atomic E-state index is -0.918. The zero-order valence-electron chi connectivity index (χ0n) is 32.1. The minimum Gasteiger partial charge on any atom is -0.550 e. The average Bonchev–Trinajstić information content (AvgIpc) is 3.05. The molecule has 0 aromatic heterocycles. The van der Waals surface area contributed by atoms with Crippen molar-refractivity contribution in [1.29, 1.82) is 0 Å². The Balaban J connectivity index is -0.000000307. The molecule has 0 aliphatic carbocycles. The molecule has 0 bridgehead atoms. The summed E-state index contributed by atoms with van der Waals surface area (Å²) in [4.78, 5) is 30.4. The predicted molar refractivity (Wildman–Crippen MR) is 204 cm³/mol. The third-order valence-corrected chi connectivity index (χ3v) is 7.93. The molecular weight excluding hydrogens is 809 g/mol. The van der Waals surface area contributed by atoms with Crippen LogP contribution in [0.4, 0.5) is 0 Å². The molecule has 0 aromatic carbocycles. The zero-order valence-corrected chi connectivity index (χ0v) is 35.6. The van der Waals surface area contributed by atoms with Crippen LogP contribution in [0.2, 0.25) is 0 Å². The fourth-order valence-corrected chi connectivity index (χ4v) is 4.86. The van der Waals surface area contributed by atoms with E-state index in [1.807, 2.05) is 0 Å². The molecule has 0 aliphatic rings. The van der Waals surface area contributed by atoms with Crippen LogP contribution in [-0.2, 0) is 14.4 Å². The Morgan fingerprint density at radius 1 is 0.327 bits per heavy atom. The zero-order chi connectivity index (χ0) is 36.2. The second-order valence-corrected chi connectivity index (χ2v) is 12.9. The maximum Gasteiger partial charge on any atom is 3.00 e. The number of unbranched alkanes of at least 4 members (excludes halogenated alkanes) is 21. The number of carboxylic acid groups (broad SMARTS) is 3. The number of carboxylic acids is 3. The van der Waals surface area contributed by atoms with Crippen molar-refractivity contribution in [3.05, 3.63) is 36.5 Å². The number of carbonyl (C=O) groups excluding carboxylic acids is 3. The van der Waals surface area contributed by atoms with Crippen LogP contribution >= 0.6 is 0 Å². The molecule has 0 spiro atoms. The van der Waals surface area contributed by atoms with Gasteiger partial charge in [-0.05, 0) is 96.3 Å². The summed E-state index contributed by atoms with van der Waals surface area (Å²) in [6.07, 6.45) is 45.3. The van der Waals surface area contributed by atoms with E-state index in [0.717, 1.165) is 57.8 Å². The van der Waals surface area contributed by atoms with Crippen LogP contribution in [-0.4, -0.2) is 44.1 Å². The molecule has 0 saturated heterocycles. The summed E-state index contributed by atoms with van der Waals surface area (Å²) in [5, 5.41) is 30.4. The molecule has 0 unspecified atom stereocenters. The topological polar surface area (TPSA) is 120 Å². The molecule has 0 atom stereocenters. The van der Waals surface area contributed by atoms with Crippen LogP contribution in [0, 0.1) is 0 Å². The van der Waals surface area contributed by atoms with E-state index >= 15 is 0 Å². The number of carbonyl (C=O) groups is 3. The number of allylic oxidation sites excluding steroid dienone is 6. The van der Waals surface area contributed by atoms with Crippen LogP contribution in [0.3, 0.4) is 0 Å². The summed E-state index contributed by atoms with van der Waals surface area (Å²) in [6.45, 7) is 6.63. The summed E-state index contributed by atoms with van der Waals surface area (Å²) in [7, 11) is 0. The largest absolute Gasteiger partial charge is 3.00 e. The van der Waals surface area contributed by atoms with Gasteiger partial charge in [-0.3, -0.25) is 0 Å². The molecule has 6 nitrogen and oxygen atoms in total. The normalized spacial score (nSPS) is 10.8. The van der Waals surface area contributed by atoms with Gasteiger partial charge in [-0.1, -0.05) is 154 Å². The van der Waals surface area contributed by atoms with Gasteiger partial charge in [-0.15, -0.1) is 0 Å². The van der Waals surface area contributed by atoms with Crippen molar-refractivity contribution in [3.8, 4) is 0 Å². The van der Waals surface area contributed by atoms with E-state index in [0.29, 0.717) is 0 Å². The van der Waals surface area contributed by atoms with Crippen molar-refractivity contribution in [3.63, 3.8) is 0 Å². The molecular formula is C42H75BiO6. The van der Waals surface area contributed by atoms with Crippen LogP contribution in [0.1, 0.15) is 213 Å². The van der Waals surface area contributed by atoms with E-state index in [1.54, 1.807) is 0 Å². The SMILES string of the molecule is CCCC/C=C\CCCCCCCC(=O)[O-].CCCC/C=C\CCCCCCCC(=O)[O-].CCCC/C=C\CCCCCCCC(=O)[O-].[Bi+3]. The van der Waals surface area contributed by atoms with E-state index < -0.39 is 17.9 Å². The average molecular weight is 885 g/mol. The maximum absolute atomic E-state index is 10.1. The van der Waals surface area contributed by atoms with Crippen molar-refractivity contribution in [2.45, 2.75) is 213 Å². The van der Waals surface area contributed by atoms with Crippen LogP contribution in [0.5, 0.6) is 0 Å². The molecule has 0 N–H and O–H groups in total. The summed E-state index contributed by atoms with van der Waals surface area (Å²) < 4.78 is 0. The first-order chi connectivity index (χ1) is 23.3. The van der Waals surface area contributed by atoms with Gasteiger partial charge in [-0.25, -0.2) is 0 Å². The first-order valence-corrected chi connectivity index (χ1v) is 19.9. The Bertz CT molecular complexity index is 662. The molecule has 0 fully saturated rings. The van der Waals surface area contributed by atoms with Gasteiger partial charge in [0, 0.05) is 17.9 Å². The number of rotatable bonds is 33. The van der Waals surface area contributed by atoms with Gasteiger partial charge in [0.1, 0.15) is 0 Å². The molecule has 0 rings (SSSR count). The molecule has 0 aliphatic heterocycles. The van der Waals surface area contributed by atoms with Crippen molar-refractivity contribution in [1.82, 2.24) is 0 Å². The van der Waals surface area contributed by atoms with Gasteiger partial charge in [0.2, 0.25) is 0 Å². The first-order valence-electron chi connectivity index (χ1n) is 19.9. The van der Waals surface area contributed by atoms with Gasteiger partial charge in [-0.2, -0.15) is 0 Å². The fourth-order valence-electron chi connectivity index (χ4n) is 4.86. The van der Waals surface area contributed by atoms with E-state index in [2.05, 4.69) is 57.2 Å². The minimum absolute atomic E-state index is 0. The van der Waals surface area contributed by atoms with Crippen LogP contribution < -0.4 is 15.3 Å². The standard InChI is InChI=1S/3C14H26O2.Bi/c3*1-2-3-4-5-6-7-8-9-10-11-12-13-14(15)16;/h3*5-6H,2-4,7-13H2,1H3,(H,15,16);/q;;;+3/p-3/b3*6-5-;. The monoisotopic (exact) mass is 885 g/mol. The smallest absolute Gasteiger partial charge is 0.550 e. The van der Waals surface area contributed by atoms with Crippen molar-refractivity contribution >= 4 is 44.1 Å². The van der Waals surface area contributed by atoms with Gasteiger partial charge >= 0.3 is 26.2 Å². The molecule has 284 valence electrons. The van der Waals surface area contributed by atoms with Crippen molar-refractivity contribution < 1.29 is 29.7 Å². The third-order valence-electron chi connectivity index (χ3n) is 7.93. The molecule has 49 heavy (non-hydrogen) atoms. The maximum atomic E-state index is 10.1. The van der Waals surface area contributed by atoms with Crippen molar-refractivity contribution in [2.75, 3.05) is 0 Å². The van der Waals surface area contributed by atoms with Crippen molar-refractivity contribution in [2.24, 2.45) is 0 Å². The number of hydrogen-bond acceptors (Lipinski definition) is 6. The quantitative estimate of drug-likeness (QED) is 0.0368. The Hall–Kier alpha value is -1.49. The summed E-state index contributed by atoms with van der Waals surface area (Å²) >= 11 is 0. The first kappa shape index (κ1) is 54.3. The van der Waals surface area contributed by atoms with Gasteiger partial charge < -0.3 is 29.7 Å². The third kappa shape index (κ3) is 65.5. The Morgan fingerprint density at radius 2 is 0.510 bits per heavy atom. The summed E-state index contributed by atoms with van der Waals surface area (Å²) in [5.41, 5.74) is 0. The summed E-state index contributed by atoms with van der Waals surface area (Å²) in [6, 6.07) is 0. The number of aliphatic carboxylic acids is 3. The second-order valence-electron chi connectivity index (χ2n) is 12.9.